The number of carbonyl (C=O) groups is 2. The lowest BCUT2D eigenvalue weighted by Gasteiger charge is -2.15. The summed E-state index contributed by atoms with van der Waals surface area (Å²) >= 11 is 0. The molecule has 1 aliphatic carbocycles. The van der Waals surface area contributed by atoms with Gasteiger partial charge in [0.05, 0.1) is 0 Å². The average molecular weight is 316 g/mol. The number of hydrogen-bond acceptors (Lipinski definition) is 2. The molecule has 1 fully saturated rings. The van der Waals surface area contributed by atoms with Crippen molar-refractivity contribution in [1.29, 1.82) is 0 Å². The third-order valence-corrected chi connectivity index (χ3v) is 4.46. The van der Waals surface area contributed by atoms with Gasteiger partial charge in [-0.3, -0.25) is 9.59 Å². The molecule has 0 aromatic heterocycles. The first kappa shape index (κ1) is 17.5. The zero-order valence-electron chi connectivity index (χ0n) is 14.2. The number of carbonyl (C=O) groups excluding carboxylic acids is 2. The second-order valence-electron chi connectivity index (χ2n) is 6.47. The maximum absolute atomic E-state index is 12.2. The third kappa shape index (κ3) is 5.70. The molecule has 0 heterocycles. The Balaban J connectivity index is 1.80. The summed E-state index contributed by atoms with van der Waals surface area (Å²) in [5.74, 6) is 0.784. The normalized spacial score (nSPS) is 15.0. The molecule has 2 N–H and O–H groups in total. The van der Waals surface area contributed by atoms with Crippen molar-refractivity contribution in [3.63, 3.8) is 0 Å². The van der Waals surface area contributed by atoms with Crippen molar-refractivity contribution in [3.8, 4) is 0 Å². The van der Waals surface area contributed by atoms with Gasteiger partial charge in [-0.1, -0.05) is 33.1 Å². The van der Waals surface area contributed by atoms with Gasteiger partial charge in [0.1, 0.15) is 0 Å². The van der Waals surface area contributed by atoms with Gasteiger partial charge in [0.25, 0.3) is 5.91 Å². The Labute approximate surface area is 139 Å². The smallest absolute Gasteiger partial charge is 0.251 e. The van der Waals surface area contributed by atoms with Crippen LogP contribution >= 0.6 is 0 Å². The van der Waals surface area contributed by atoms with Crippen LogP contribution in [0.15, 0.2) is 24.3 Å². The van der Waals surface area contributed by atoms with Crippen molar-refractivity contribution < 1.29 is 9.59 Å². The molecule has 0 radical (unpaired) electrons. The van der Waals surface area contributed by atoms with Crippen molar-refractivity contribution in [1.82, 2.24) is 5.32 Å². The second kappa shape index (κ2) is 8.70. The van der Waals surface area contributed by atoms with Gasteiger partial charge in [0.15, 0.2) is 0 Å². The molecule has 0 aliphatic heterocycles. The summed E-state index contributed by atoms with van der Waals surface area (Å²) in [7, 11) is 0. The van der Waals surface area contributed by atoms with Crippen molar-refractivity contribution in [3.05, 3.63) is 29.8 Å². The molecule has 4 nitrogen and oxygen atoms in total. The minimum atomic E-state index is -0.0417. The highest BCUT2D eigenvalue weighted by atomic mass is 16.2. The van der Waals surface area contributed by atoms with E-state index in [-0.39, 0.29) is 17.7 Å². The van der Waals surface area contributed by atoms with Gasteiger partial charge in [0, 0.05) is 23.7 Å². The van der Waals surface area contributed by atoms with Crippen molar-refractivity contribution in [2.75, 3.05) is 11.9 Å². The molecule has 2 rings (SSSR count). The van der Waals surface area contributed by atoms with Crippen LogP contribution in [0.4, 0.5) is 5.69 Å². The minimum absolute atomic E-state index is 0.0417. The SMILES string of the molecule is CCCCC(CC)CNC(=O)c1ccc(NC(=O)C2CC2)cc1. The maximum atomic E-state index is 12.2. The fourth-order valence-electron chi connectivity index (χ4n) is 2.58. The first-order valence-electron chi connectivity index (χ1n) is 8.83. The summed E-state index contributed by atoms with van der Waals surface area (Å²) in [4.78, 5) is 23.9. The Morgan fingerprint density at radius 1 is 1.17 bits per heavy atom. The zero-order valence-corrected chi connectivity index (χ0v) is 14.2. The average Bonchev–Trinajstić information content (AvgIpc) is 3.40. The third-order valence-electron chi connectivity index (χ3n) is 4.46. The Morgan fingerprint density at radius 2 is 1.87 bits per heavy atom. The molecule has 1 aromatic carbocycles. The van der Waals surface area contributed by atoms with Gasteiger partial charge >= 0.3 is 0 Å². The van der Waals surface area contributed by atoms with Gasteiger partial charge in [0.2, 0.25) is 5.91 Å². The minimum Gasteiger partial charge on any atom is -0.352 e. The molecule has 2 amide bonds. The van der Waals surface area contributed by atoms with Crippen LogP contribution in [0.1, 0.15) is 62.7 Å². The summed E-state index contributed by atoms with van der Waals surface area (Å²) < 4.78 is 0. The molecule has 1 saturated carbocycles. The molecular formula is C19H28N2O2. The molecule has 0 spiro atoms. The number of hydrogen-bond donors (Lipinski definition) is 2. The van der Waals surface area contributed by atoms with E-state index in [0.717, 1.165) is 31.5 Å². The summed E-state index contributed by atoms with van der Waals surface area (Å²) in [5.41, 5.74) is 1.40. The molecule has 23 heavy (non-hydrogen) atoms. The monoisotopic (exact) mass is 316 g/mol. The highest BCUT2D eigenvalue weighted by molar-refractivity contribution is 5.96. The molecule has 4 heteroatoms. The number of benzene rings is 1. The second-order valence-corrected chi connectivity index (χ2v) is 6.47. The maximum Gasteiger partial charge on any atom is 0.251 e. The van der Waals surface area contributed by atoms with E-state index in [1.54, 1.807) is 24.3 Å². The molecule has 1 aliphatic rings. The first-order valence-corrected chi connectivity index (χ1v) is 8.83. The van der Waals surface area contributed by atoms with Gasteiger partial charge < -0.3 is 10.6 Å². The fraction of sp³-hybridized carbons (Fsp3) is 0.579. The van der Waals surface area contributed by atoms with Crippen LogP contribution in [0.5, 0.6) is 0 Å². The molecule has 126 valence electrons. The van der Waals surface area contributed by atoms with E-state index in [2.05, 4.69) is 24.5 Å². The number of rotatable bonds is 9. The predicted molar refractivity (Wildman–Crippen MR) is 93.4 cm³/mol. The molecule has 1 aromatic rings. The van der Waals surface area contributed by atoms with E-state index < -0.39 is 0 Å². The molecular weight excluding hydrogens is 288 g/mol. The highest BCUT2D eigenvalue weighted by Gasteiger charge is 2.29. The first-order chi connectivity index (χ1) is 11.1. The van der Waals surface area contributed by atoms with E-state index >= 15 is 0 Å². The summed E-state index contributed by atoms with van der Waals surface area (Å²) in [6.45, 7) is 5.09. The quantitative estimate of drug-likeness (QED) is 0.724. The molecule has 0 bridgehead atoms. The van der Waals surface area contributed by atoms with Crippen molar-refractivity contribution in [2.24, 2.45) is 11.8 Å². The summed E-state index contributed by atoms with van der Waals surface area (Å²) in [6.07, 6.45) is 6.64. The molecule has 1 atom stereocenters. The van der Waals surface area contributed by atoms with Crippen molar-refractivity contribution >= 4 is 17.5 Å². The molecule has 0 saturated heterocycles. The van der Waals surface area contributed by atoms with Crippen LogP contribution in [0.3, 0.4) is 0 Å². The van der Waals surface area contributed by atoms with E-state index in [0.29, 0.717) is 11.5 Å². The number of anilines is 1. The van der Waals surface area contributed by atoms with Crippen LogP contribution < -0.4 is 10.6 Å². The standard InChI is InChI=1S/C19H28N2O2/c1-3-5-6-14(4-2)13-20-18(22)15-9-11-17(12-10-15)21-19(23)16-7-8-16/h9-12,14,16H,3-8,13H2,1-2H3,(H,20,22)(H,21,23). The number of amides is 2. The highest BCUT2D eigenvalue weighted by Crippen LogP contribution is 2.30. The van der Waals surface area contributed by atoms with Crippen LogP contribution in [-0.4, -0.2) is 18.4 Å². The van der Waals surface area contributed by atoms with Crippen LogP contribution in [0.2, 0.25) is 0 Å². The summed E-state index contributed by atoms with van der Waals surface area (Å²) in [6, 6.07) is 7.13. The Bertz CT molecular complexity index is 521. The Morgan fingerprint density at radius 3 is 2.43 bits per heavy atom. The van der Waals surface area contributed by atoms with Gasteiger partial charge in [-0.25, -0.2) is 0 Å². The lowest BCUT2D eigenvalue weighted by molar-refractivity contribution is -0.117. The summed E-state index contributed by atoms with van der Waals surface area (Å²) in [5, 5.41) is 5.90. The zero-order chi connectivity index (χ0) is 16.7. The van der Waals surface area contributed by atoms with E-state index in [1.165, 1.54) is 19.3 Å². The lowest BCUT2D eigenvalue weighted by atomic mass is 9.99. The largest absolute Gasteiger partial charge is 0.352 e. The van der Waals surface area contributed by atoms with Gasteiger partial charge in [-0.15, -0.1) is 0 Å². The Kier molecular flexibility index (Phi) is 6.63. The van der Waals surface area contributed by atoms with Crippen LogP contribution in [-0.2, 0) is 4.79 Å². The number of nitrogens with one attached hydrogen (secondary N) is 2. The Hall–Kier alpha value is -1.84. The molecule has 1 unspecified atom stereocenters. The van der Waals surface area contributed by atoms with Gasteiger partial charge in [-0.05, 0) is 49.4 Å². The lowest BCUT2D eigenvalue weighted by Crippen LogP contribution is -2.29. The van der Waals surface area contributed by atoms with E-state index in [4.69, 9.17) is 0 Å². The topological polar surface area (TPSA) is 58.2 Å². The van der Waals surface area contributed by atoms with Gasteiger partial charge in [-0.2, -0.15) is 0 Å². The van der Waals surface area contributed by atoms with E-state index in [9.17, 15) is 9.59 Å². The van der Waals surface area contributed by atoms with Crippen LogP contribution in [0.25, 0.3) is 0 Å². The van der Waals surface area contributed by atoms with E-state index in [1.807, 2.05) is 0 Å². The van der Waals surface area contributed by atoms with Crippen LogP contribution in [0, 0.1) is 11.8 Å². The fourth-order valence-corrected chi connectivity index (χ4v) is 2.58. The predicted octanol–water partition coefficient (Wildman–Crippen LogP) is 3.98. The van der Waals surface area contributed by atoms with Crippen molar-refractivity contribution in [2.45, 2.75) is 52.4 Å². The number of unbranched alkanes of at least 4 members (excludes halogenated alkanes) is 1.